The van der Waals surface area contributed by atoms with E-state index >= 15 is 0 Å². The molecule has 1 fully saturated rings. The highest BCUT2D eigenvalue weighted by Gasteiger charge is 2.26. The van der Waals surface area contributed by atoms with Crippen molar-refractivity contribution in [3.05, 3.63) is 48.0 Å². The minimum Gasteiger partial charge on any atom is -0.504 e. The Morgan fingerprint density at radius 3 is 2.57 bits per heavy atom. The third-order valence-electron chi connectivity index (χ3n) is 4.30. The lowest BCUT2D eigenvalue weighted by molar-refractivity contribution is 0.0730. The summed E-state index contributed by atoms with van der Waals surface area (Å²) in [6.45, 7) is 1.49. The summed E-state index contributed by atoms with van der Waals surface area (Å²) in [5.41, 5.74) is 3.93. The third-order valence-corrected chi connectivity index (χ3v) is 6.41. The molecule has 0 aliphatic carbocycles. The van der Waals surface area contributed by atoms with Gasteiger partial charge in [0.1, 0.15) is 0 Å². The van der Waals surface area contributed by atoms with Crippen LogP contribution in [0.15, 0.2) is 52.5 Å². The average Bonchev–Trinajstić information content (AvgIpc) is 2.75. The van der Waals surface area contributed by atoms with Crippen LogP contribution in [0.5, 0.6) is 11.5 Å². The van der Waals surface area contributed by atoms with Gasteiger partial charge in [0.2, 0.25) is 10.0 Å². The van der Waals surface area contributed by atoms with Gasteiger partial charge in [-0.3, -0.25) is 5.43 Å². The molecule has 3 rings (SSSR count). The number of anilines is 1. The molecule has 160 valence electrons. The number of hydrazone groups is 1. The number of hydrogen-bond acceptors (Lipinski definition) is 7. The highest BCUT2D eigenvalue weighted by molar-refractivity contribution is 7.89. The fourth-order valence-electron chi connectivity index (χ4n) is 2.76. The minimum atomic E-state index is -3.54. The third kappa shape index (κ3) is 5.45. The number of sulfonamides is 1. The maximum Gasteiger partial charge on any atom is 0.243 e. The van der Waals surface area contributed by atoms with Gasteiger partial charge in [0.15, 0.2) is 16.6 Å². The van der Waals surface area contributed by atoms with Crippen LogP contribution in [-0.2, 0) is 14.8 Å². The molecular weight excluding hydrogens is 428 g/mol. The van der Waals surface area contributed by atoms with Crippen molar-refractivity contribution in [2.75, 3.05) is 38.7 Å². The smallest absolute Gasteiger partial charge is 0.243 e. The van der Waals surface area contributed by atoms with Gasteiger partial charge in [0.25, 0.3) is 0 Å². The zero-order chi connectivity index (χ0) is 21.6. The van der Waals surface area contributed by atoms with Gasteiger partial charge in [-0.25, -0.2) is 8.42 Å². The molecule has 2 aromatic carbocycles. The number of phenolic OH excluding ortho intramolecular Hbond substituents is 1. The van der Waals surface area contributed by atoms with Crippen LogP contribution in [0.3, 0.4) is 0 Å². The number of rotatable bonds is 6. The summed E-state index contributed by atoms with van der Waals surface area (Å²) >= 11 is 5.18. The summed E-state index contributed by atoms with van der Waals surface area (Å²) in [6, 6.07) is 11.2. The molecule has 1 aliphatic rings. The van der Waals surface area contributed by atoms with Gasteiger partial charge >= 0.3 is 0 Å². The number of thiocarbonyl (C=S) groups is 1. The first-order chi connectivity index (χ1) is 14.4. The Morgan fingerprint density at radius 2 is 1.93 bits per heavy atom. The molecule has 1 heterocycles. The number of nitrogens with zero attached hydrogens (tertiary/aromatic N) is 2. The van der Waals surface area contributed by atoms with E-state index in [0.717, 1.165) is 0 Å². The monoisotopic (exact) mass is 450 g/mol. The average molecular weight is 451 g/mol. The maximum absolute atomic E-state index is 12.6. The predicted molar refractivity (Wildman–Crippen MR) is 118 cm³/mol. The van der Waals surface area contributed by atoms with E-state index in [1.807, 2.05) is 0 Å². The summed E-state index contributed by atoms with van der Waals surface area (Å²) in [7, 11) is -2.07. The Balaban J connectivity index is 1.56. The Bertz CT molecular complexity index is 1020. The van der Waals surface area contributed by atoms with E-state index in [9.17, 15) is 13.5 Å². The molecule has 0 spiro atoms. The van der Waals surface area contributed by atoms with Crippen LogP contribution in [0.25, 0.3) is 0 Å². The van der Waals surface area contributed by atoms with E-state index in [2.05, 4.69) is 15.8 Å². The summed E-state index contributed by atoms with van der Waals surface area (Å²) in [4.78, 5) is 0.214. The van der Waals surface area contributed by atoms with E-state index in [0.29, 0.717) is 43.3 Å². The van der Waals surface area contributed by atoms with Crippen molar-refractivity contribution in [2.45, 2.75) is 4.90 Å². The van der Waals surface area contributed by atoms with Gasteiger partial charge in [-0.05, 0) is 60.2 Å². The number of ether oxygens (including phenoxy) is 2. The summed E-state index contributed by atoms with van der Waals surface area (Å²) in [5.74, 6) is 0.380. The van der Waals surface area contributed by atoms with Crippen molar-refractivity contribution < 1.29 is 23.0 Å². The van der Waals surface area contributed by atoms with E-state index in [1.165, 1.54) is 35.8 Å². The molecule has 9 nitrogen and oxygen atoms in total. The molecule has 1 aliphatic heterocycles. The van der Waals surface area contributed by atoms with Crippen LogP contribution < -0.4 is 15.5 Å². The Kier molecular flexibility index (Phi) is 7.21. The van der Waals surface area contributed by atoms with Crippen LogP contribution in [0.2, 0.25) is 0 Å². The Labute approximate surface area is 180 Å². The van der Waals surface area contributed by atoms with Crippen molar-refractivity contribution in [3.8, 4) is 11.5 Å². The van der Waals surface area contributed by atoms with Crippen molar-refractivity contribution in [3.63, 3.8) is 0 Å². The highest BCUT2D eigenvalue weighted by atomic mass is 32.2. The van der Waals surface area contributed by atoms with Gasteiger partial charge in [0, 0.05) is 18.8 Å². The molecule has 0 saturated carbocycles. The first-order valence-corrected chi connectivity index (χ1v) is 10.9. The number of methoxy groups -OCH3 is 1. The van der Waals surface area contributed by atoms with Gasteiger partial charge in [-0.1, -0.05) is 0 Å². The molecule has 1 saturated heterocycles. The molecule has 0 aromatic heterocycles. The van der Waals surface area contributed by atoms with Crippen molar-refractivity contribution in [1.82, 2.24) is 9.73 Å². The molecule has 11 heteroatoms. The molecule has 0 radical (unpaired) electrons. The number of nitrogens with one attached hydrogen (secondary N) is 2. The van der Waals surface area contributed by atoms with E-state index in [-0.39, 0.29) is 15.8 Å². The number of morpholine rings is 1. The van der Waals surface area contributed by atoms with E-state index in [1.54, 1.807) is 24.3 Å². The first-order valence-electron chi connectivity index (χ1n) is 9.05. The highest BCUT2D eigenvalue weighted by Crippen LogP contribution is 2.25. The van der Waals surface area contributed by atoms with Crippen LogP contribution in [0.4, 0.5) is 5.69 Å². The number of hydrogen-bond donors (Lipinski definition) is 3. The Hall–Kier alpha value is -2.73. The van der Waals surface area contributed by atoms with Gasteiger partial charge < -0.3 is 19.9 Å². The van der Waals surface area contributed by atoms with Crippen LogP contribution >= 0.6 is 12.2 Å². The lowest BCUT2D eigenvalue weighted by Crippen LogP contribution is -2.40. The van der Waals surface area contributed by atoms with Crippen molar-refractivity contribution in [1.29, 1.82) is 0 Å². The number of aromatic hydroxyl groups is 1. The fourth-order valence-corrected chi connectivity index (χ4v) is 4.34. The minimum absolute atomic E-state index is 0.00859. The molecule has 0 amide bonds. The van der Waals surface area contributed by atoms with Gasteiger partial charge in [0.05, 0.1) is 31.4 Å². The lowest BCUT2D eigenvalue weighted by Gasteiger charge is -2.26. The van der Waals surface area contributed by atoms with Crippen molar-refractivity contribution in [2.24, 2.45) is 5.10 Å². The van der Waals surface area contributed by atoms with Crippen LogP contribution in [0, 0.1) is 0 Å². The van der Waals surface area contributed by atoms with Crippen molar-refractivity contribution >= 4 is 39.3 Å². The second kappa shape index (κ2) is 9.85. The zero-order valence-electron chi connectivity index (χ0n) is 16.2. The van der Waals surface area contributed by atoms with E-state index in [4.69, 9.17) is 21.7 Å². The maximum atomic E-state index is 12.6. The number of benzene rings is 2. The molecule has 3 N–H and O–H groups in total. The summed E-state index contributed by atoms with van der Waals surface area (Å²) in [6.07, 6.45) is 1.49. The second-order valence-corrected chi connectivity index (χ2v) is 8.64. The van der Waals surface area contributed by atoms with Gasteiger partial charge in [-0.2, -0.15) is 9.41 Å². The largest absolute Gasteiger partial charge is 0.504 e. The molecule has 30 heavy (non-hydrogen) atoms. The van der Waals surface area contributed by atoms with E-state index < -0.39 is 10.0 Å². The summed E-state index contributed by atoms with van der Waals surface area (Å²) in [5, 5.41) is 16.9. The fraction of sp³-hybridized carbons (Fsp3) is 0.263. The molecule has 0 atom stereocenters. The molecular formula is C19H22N4O5S2. The molecule has 2 aromatic rings. The Morgan fingerprint density at radius 1 is 1.23 bits per heavy atom. The molecule has 0 bridgehead atoms. The summed E-state index contributed by atoms with van der Waals surface area (Å²) < 4.78 is 36.9. The van der Waals surface area contributed by atoms with Crippen LogP contribution in [-0.4, -0.2) is 62.6 Å². The lowest BCUT2D eigenvalue weighted by atomic mass is 10.2. The first kappa shape index (κ1) is 22.0. The second-order valence-electron chi connectivity index (χ2n) is 6.30. The van der Waals surface area contributed by atoms with Crippen LogP contribution in [0.1, 0.15) is 5.56 Å². The SMILES string of the molecule is COc1ccc(/C=N/NC(=S)Nc2ccc(S(=O)(=O)N3CCOCC3)cc2)cc1O. The topological polar surface area (TPSA) is 112 Å². The molecule has 0 unspecified atom stereocenters. The predicted octanol–water partition coefficient (Wildman–Crippen LogP) is 1.74. The quantitative estimate of drug-likeness (QED) is 0.347. The van der Waals surface area contributed by atoms with Gasteiger partial charge in [-0.15, -0.1) is 0 Å². The number of phenols is 1. The zero-order valence-corrected chi connectivity index (χ0v) is 17.9. The normalized spacial score (nSPS) is 15.1. The standard InChI is InChI=1S/C19H22N4O5S2/c1-27-18-7-2-14(12-17(18)24)13-20-22-19(29)21-15-3-5-16(6-4-15)30(25,26)23-8-10-28-11-9-23/h2-7,12-13,24H,8-11H2,1H3,(H2,21,22,29)/b20-13+.